The van der Waals surface area contributed by atoms with Crippen LogP contribution in [0.1, 0.15) is 13.3 Å². The maximum Gasteiger partial charge on any atom is 0.0692 e. The van der Waals surface area contributed by atoms with Gasteiger partial charge in [-0.05, 0) is 48.9 Å². The van der Waals surface area contributed by atoms with Gasteiger partial charge < -0.3 is 5.11 Å². The Balaban J connectivity index is 1.94. The van der Waals surface area contributed by atoms with Crippen LogP contribution in [0.25, 0.3) is 0 Å². The van der Waals surface area contributed by atoms with Gasteiger partial charge in [-0.25, -0.2) is 0 Å². The largest absolute Gasteiger partial charge is 0.390 e. The van der Waals surface area contributed by atoms with Gasteiger partial charge in [0.2, 0.25) is 0 Å². The number of fused-ring (bicyclic) bond motifs is 2. The van der Waals surface area contributed by atoms with Gasteiger partial charge in [0.1, 0.15) is 0 Å². The number of rotatable bonds is 0. The molecule has 3 saturated carbocycles. The highest BCUT2D eigenvalue weighted by atomic mass is 16.3. The summed E-state index contributed by atoms with van der Waals surface area (Å²) in [6.45, 7) is 2.06. The fraction of sp³-hybridized carbons (Fsp3) is 0.818. The average molecular weight is 162 g/mol. The topological polar surface area (TPSA) is 20.2 Å². The second-order valence-electron chi connectivity index (χ2n) is 5.38. The molecular formula is C11H14O. The Morgan fingerprint density at radius 1 is 1.17 bits per heavy atom. The number of hydrogen-bond donors (Lipinski definition) is 1. The maximum atomic E-state index is 10.2. The van der Waals surface area contributed by atoms with Crippen LogP contribution < -0.4 is 0 Å². The van der Waals surface area contributed by atoms with E-state index in [0.717, 1.165) is 23.7 Å². The minimum absolute atomic E-state index is 0.309. The van der Waals surface area contributed by atoms with Crippen LogP contribution in [0.5, 0.6) is 0 Å². The fourth-order valence-corrected chi connectivity index (χ4v) is 5.04. The van der Waals surface area contributed by atoms with E-state index in [2.05, 4.69) is 19.1 Å². The Bertz CT molecular complexity index is 267. The summed E-state index contributed by atoms with van der Waals surface area (Å²) >= 11 is 0. The summed E-state index contributed by atoms with van der Waals surface area (Å²) in [6, 6.07) is 0. The third-order valence-electron chi connectivity index (χ3n) is 5.19. The van der Waals surface area contributed by atoms with Crippen molar-refractivity contribution in [2.75, 3.05) is 0 Å². The molecule has 64 valence electrons. The summed E-state index contributed by atoms with van der Waals surface area (Å²) in [5, 5.41) is 10.2. The molecule has 0 radical (unpaired) electrons. The van der Waals surface area contributed by atoms with Crippen molar-refractivity contribution in [3.63, 3.8) is 0 Å². The maximum absolute atomic E-state index is 10.2. The Morgan fingerprint density at radius 3 is 2.33 bits per heavy atom. The quantitative estimate of drug-likeness (QED) is 0.534. The highest BCUT2D eigenvalue weighted by Crippen LogP contribution is 2.75. The first-order valence-corrected chi connectivity index (χ1v) is 5.12. The summed E-state index contributed by atoms with van der Waals surface area (Å²) in [4.78, 5) is 0. The lowest BCUT2D eigenvalue weighted by Crippen LogP contribution is -2.63. The lowest BCUT2D eigenvalue weighted by molar-refractivity contribution is -0.205. The molecule has 4 atom stereocenters. The third-order valence-corrected chi connectivity index (χ3v) is 5.19. The molecule has 0 aromatic carbocycles. The predicted octanol–water partition coefficient (Wildman–Crippen LogP) is 1.44. The van der Waals surface area contributed by atoms with Crippen molar-refractivity contribution < 1.29 is 5.11 Å². The standard InChI is InChI=1S/C11H14O/c1-11(12)9-5-2-3-6-7(5)4-8(9)10(6)11/h2-3,5-10,12H,4H2,1H3. The molecule has 4 aliphatic rings. The van der Waals surface area contributed by atoms with E-state index >= 15 is 0 Å². The average Bonchev–Trinajstić information content (AvgIpc) is 2.50. The van der Waals surface area contributed by atoms with Crippen LogP contribution in [0.3, 0.4) is 0 Å². The third kappa shape index (κ3) is 0.367. The summed E-state index contributed by atoms with van der Waals surface area (Å²) in [6.07, 6.45) is 6.19. The van der Waals surface area contributed by atoms with Crippen molar-refractivity contribution in [1.82, 2.24) is 0 Å². The predicted molar refractivity (Wildman–Crippen MR) is 45.3 cm³/mol. The van der Waals surface area contributed by atoms with Gasteiger partial charge in [-0.1, -0.05) is 12.2 Å². The van der Waals surface area contributed by atoms with E-state index < -0.39 is 0 Å². The minimum atomic E-state index is -0.309. The lowest BCUT2D eigenvalue weighted by atomic mass is 9.49. The molecule has 4 unspecified atom stereocenters. The molecule has 0 aliphatic heterocycles. The molecule has 0 heterocycles. The first-order valence-electron chi connectivity index (χ1n) is 5.12. The van der Waals surface area contributed by atoms with Crippen molar-refractivity contribution >= 4 is 0 Å². The monoisotopic (exact) mass is 162 g/mol. The van der Waals surface area contributed by atoms with Gasteiger partial charge in [-0.2, -0.15) is 0 Å². The Hall–Kier alpha value is -0.300. The van der Waals surface area contributed by atoms with Gasteiger partial charge in [0.15, 0.2) is 0 Å². The van der Waals surface area contributed by atoms with E-state index in [9.17, 15) is 5.11 Å². The molecule has 4 aliphatic carbocycles. The van der Waals surface area contributed by atoms with Crippen LogP contribution in [0.2, 0.25) is 0 Å². The minimum Gasteiger partial charge on any atom is -0.390 e. The summed E-state index contributed by atoms with van der Waals surface area (Å²) in [5.41, 5.74) is -0.309. The molecule has 0 amide bonds. The van der Waals surface area contributed by atoms with Gasteiger partial charge in [0.25, 0.3) is 0 Å². The van der Waals surface area contributed by atoms with E-state index in [-0.39, 0.29) is 5.60 Å². The van der Waals surface area contributed by atoms with Gasteiger partial charge in [0, 0.05) is 0 Å². The Kier molecular flexibility index (Phi) is 0.730. The molecule has 0 aromatic heterocycles. The van der Waals surface area contributed by atoms with Crippen LogP contribution in [0, 0.1) is 35.5 Å². The summed E-state index contributed by atoms with van der Waals surface area (Å²) < 4.78 is 0. The molecule has 1 N–H and O–H groups in total. The van der Waals surface area contributed by atoms with E-state index in [1.807, 2.05) is 0 Å². The number of aliphatic hydroxyl groups is 1. The molecule has 4 rings (SSSR count). The summed E-state index contributed by atoms with van der Waals surface area (Å²) in [7, 11) is 0. The van der Waals surface area contributed by atoms with E-state index in [1.54, 1.807) is 0 Å². The zero-order valence-electron chi connectivity index (χ0n) is 7.27. The Morgan fingerprint density at radius 2 is 1.75 bits per heavy atom. The lowest BCUT2D eigenvalue weighted by Gasteiger charge is -2.59. The first-order chi connectivity index (χ1) is 5.71. The SMILES string of the molecule is CC1(O)C2C3C=CC4C3CC2C41. The zero-order valence-corrected chi connectivity index (χ0v) is 7.27. The fourth-order valence-electron chi connectivity index (χ4n) is 5.04. The second-order valence-corrected chi connectivity index (χ2v) is 5.38. The van der Waals surface area contributed by atoms with E-state index in [1.165, 1.54) is 6.42 Å². The number of hydrogen-bond acceptors (Lipinski definition) is 1. The molecule has 2 bridgehead atoms. The van der Waals surface area contributed by atoms with Crippen molar-refractivity contribution in [3.05, 3.63) is 12.2 Å². The van der Waals surface area contributed by atoms with Gasteiger partial charge >= 0.3 is 0 Å². The van der Waals surface area contributed by atoms with Crippen molar-refractivity contribution in [1.29, 1.82) is 0 Å². The van der Waals surface area contributed by atoms with Gasteiger partial charge in [0.05, 0.1) is 5.60 Å². The van der Waals surface area contributed by atoms with Gasteiger partial charge in [-0.15, -0.1) is 0 Å². The smallest absolute Gasteiger partial charge is 0.0692 e. The van der Waals surface area contributed by atoms with Gasteiger partial charge in [-0.3, -0.25) is 0 Å². The molecule has 0 spiro atoms. The second kappa shape index (κ2) is 1.41. The highest BCUT2D eigenvalue weighted by molar-refractivity contribution is 5.32. The molecule has 1 heteroatoms. The van der Waals surface area contributed by atoms with Crippen LogP contribution in [0.4, 0.5) is 0 Å². The first kappa shape index (κ1) is 6.20. The molecule has 3 fully saturated rings. The van der Waals surface area contributed by atoms with Crippen LogP contribution in [-0.2, 0) is 0 Å². The molecular weight excluding hydrogens is 148 g/mol. The molecule has 1 nitrogen and oxygen atoms in total. The molecule has 0 aromatic rings. The van der Waals surface area contributed by atoms with Crippen molar-refractivity contribution in [2.24, 2.45) is 35.5 Å². The van der Waals surface area contributed by atoms with E-state index in [4.69, 9.17) is 0 Å². The van der Waals surface area contributed by atoms with Crippen LogP contribution in [0.15, 0.2) is 12.2 Å². The number of allylic oxidation sites excluding steroid dienone is 2. The van der Waals surface area contributed by atoms with Crippen LogP contribution >= 0.6 is 0 Å². The normalized spacial score (nSPS) is 75.2. The van der Waals surface area contributed by atoms with Crippen molar-refractivity contribution in [2.45, 2.75) is 18.9 Å². The Labute approximate surface area is 72.5 Å². The van der Waals surface area contributed by atoms with Crippen molar-refractivity contribution in [3.8, 4) is 0 Å². The molecule has 0 saturated heterocycles. The zero-order chi connectivity index (χ0) is 8.09. The summed E-state index contributed by atoms with van der Waals surface area (Å²) in [5.74, 6) is 4.57. The van der Waals surface area contributed by atoms with Crippen LogP contribution in [-0.4, -0.2) is 10.7 Å². The highest BCUT2D eigenvalue weighted by Gasteiger charge is 2.75. The molecule has 12 heavy (non-hydrogen) atoms. The van der Waals surface area contributed by atoms with E-state index in [0.29, 0.717) is 11.8 Å².